The van der Waals surface area contributed by atoms with E-state index in [2.05, 4.69) is 15.2 Å². The van der Waals surface area contributed by atoms with Crippen molar-refractivity contribution in [2.45, 2.75) is 12.8 Å². The van der Waals surface area contributed by atoms with Crippen LogP contribution in [0.25, 0.3) is 11.4 Å². The number of alkyl halides is 1. The van der Waals surface area contributed by atoms with Gasteiger partial charge in [0, 0.05) is 5.56 Å². The second-order valence-electron chi connectivity index (χ2n) is 3.20. The molecular weight excluding hydrogens is 217 g/mol. The van der Waals surface area contributed by atoms with E-state index in [1.54, 1.807) is 19.1 Å². The van der Waals surface area contributed by atoms with E-state index >= 15 is 0 Å². The zero-order valence-electron chi connectivity index (χ0n) is 8.09. The quantitative estimate of drug-likeness (QED) is 0.799. The molecule has 78 valence electrons. The maximum absolute atomic E-state index is 13.0. The number of H-pyrrole nitrogens is 1. The molecule has 2 aromatic rings. The monoisotopic (exact) mass is 225 g/mol. The van der Waals surface area contributed by atoms with Crippen LogP contribution in [-0.4, -0.2) is 15.2 Å². The Labute approximate surface area is 91.3 Å². The molecule has 0 amide bonds. The van der Waals surface area contributed by atoms with Gasteiger partial charge in [0.1, 0.15) is 11.6 Å². The molecule has 0 saturated heterocycles. The lowest BCUT2D eigenvalue weighted by atomic mass is 10.1. The smallest absolute Gasteiger partial charge is 0.181 e. The molecule has 0 atom stereocenters. The van der Waals surface area contributed by atoms with Crippen molar-refractivity contribution >= 4 is 11.6 Å². The van der Waals surface area contributed by atoms with Crippen LogP contribution in [0.2, 0.25) is 0 Å². The highest BCUT2D eigenvalue weighted by atomic mass is 35.5. The summed E-state index contributed by atoms with van der Waals surface area (Å²) in [6, 6.07) is 4.75. The summed E-state index contributed by atoms with van der Waals surface area (Å²) in [5, 5.41) is 6.69. The molecule has 1 aromatic carbocycles. The Hall–Kier alpha value is -1.42. The minimum atomic E-state index is -0.230. The molecule has 5 heteroatoms. The molecule has 0 unspecified atom stereocenters. The third kappa shape index (κ3) is 1.99. The van der Waals surface area contributed by atoms with E-state index in [0.717, 1.165) is 5.56 Å². The van der Waals surface area contributed by atoms with Gasteiger partial charge in [-0.1, -0.05) is 0 Å². The van der Waals surface area contributed by atoms with Crippen molar-refractivity contribution in [2.24, 2.45) is 0 Å². The SMILES string of the molecule is Cc1cc(-c2n[nH]c(CCl)n2)ccc1F. The number of hydrogen-bond donors (Lipinski definition) is 1. The van der Waals surface area contributed by atoms with Crippen LogP contribution in [0.3, 0.4) is 0 Å². The first-order valence-electron chi connectivity index (χ1n) is 4.44. The molecule has 0 aliphatic rings. The van der Waals surface area contributed by atoms with Crippen LogP contribution >= 0.6 is 11.6 Å². The lowest BCUT2D eigenvalue weighted by Gasteiger charge is -1.98. The summed E-state index contributed by atoms with van der Waals surface area (Å²) in [4.78, 5) is 4.15. The van der Waals surface area contributed by atoms with Crippen molar-refractivity contribution in [3.8, 4) is 11.4 Å². The number of halogens is 2. The van der Waals surface area contributed by atoms with Gasteiger partial charge in [-0.15, -0.1) is 11.6 Å². The Bertz CT molecular complexity index is 481. The van der Waals surface area contributed by atoms with E-state index in [1.165, 1.54) is 6.07 Å². The van der Waals surface area contributed by atoms with Gasteiger partial charge in [0.25, 0.3) is 0 Å². The number of benzene rings is 1. The maximum atomic E-state index is 13.0. The molecule has 0 bridgehead atoms. The first kappa shape index (κ1) is 10.1. The third-order valence-electron chi connectivity index (χ3n) is 2.07. The Kier molecular flexibility index (Phi) is 2.68. The van der Waals surface area contributed by atoms with Gasteiger partial charge in [0.15, 0.2) is 5.82 Å². The molecule has 0 fully saturated rings. The lowest BCUT2D eigenvalue weighted by Crippen LogP contribution is -1.86. The Balaban J connectivity index is 2.40. The van der Waals surface area contributed by atoms with Crippen LogP contribution in [0.1, 0.15) is 11.4 Å². The Morgan fingerprint density at radius 3 is 2.87 bits per heavy atom. The lowest BCUT2D eigenvalue weighted by molar-refractivity contribution is 0.618. The van der Waals surface area contributed by atoms with E-state index in [0.29, 0.717) is 17.2 Å². The summed E-state index contributed by atoms with van der Waals surface area (Å²) in [5.41, 5.74) is 1.35. The second-order valence-corrected chi connectivity index (χ2v) is 3.47. The van der Waals surface area contributed by atoms with Gasteiger partial charge in [-0.25, -0.2) is 9.37 Å². The molecule has 1 heterocycles. The fourth-order valence-electron chi connectivity index (χ4n) is 1.27. The highest BCUT2D eigenvalue weighted by molar-refractivity contribution is 6.16. The predicted octanol–water partition coefficient (Wildman–Crippen LogP) is 2.66. The van der Waals surface area contributed by atoms with Crippen LogP contribution in [0.15, 0.2) is 18.2 Å². The van der Waals surface area contributed by atoms with Gasteiger partial charge in [-0.3, -0.25) is 5.10 Å². The largest absolute Gasteiger partial charge is 0.262 e. The van der Waals surface area contributed by atoms with E-state index in [9.17, 15) is 4.39 Å². The van der Waals surface area contributed by atoms with Crippen LogP contribution in [0.5, 0.6) is 0 Å². The highest BCUT2D eigenvalue weighted by Crippen LogP contribution is 2.18. The number of aromatic nitrogens is 3. The summed E-state index contributed by atoms with van der Waals surface area (Å²) in [7, 11) is 0. The molecule has 0 aliphatic heterocycles. The maximum Gasteiger partial charge on any atom is 0.181 e. The van der Waals surface area contributed by atoms with Gasteiger partial charge >= 0.3 is 0 Å². The normalized spacial score (nSPS) is 10.6. The molecule has 0 radical (unpaired) electrons. The molecule has 0 aliphatic carbocycles. The number of nitrogens with zero attached hydrogens (tertiary/aromatic N) is 2. The molecule has 15 heavy (non-hydrogen) atoms. The number of aryl methyl sites for hydroxylation is 1. The van der Waals surface area contributed by atoms with E-state index < -0.39 is 0 Å². The van der Waals surface area contributed by atoms with Gasteiger partial charge < -0.3 is 0 Å². The fourth-order valence-corrected chi connectivity index (χ4v) is 1.39. The van der Waals surface area contributed by atoms with Crippen LogP contribution in [0, 0.1) is 12.7 Å². The minimum Gasteiger partial charge on any atom is -0.262 e. The molecule has 3 nitrogen and oxygen atoms in total. The first-order chi connectivity index (χ1) is 7.20. The molecule has 0 saturated carbocycles. The van der Waals surface area contributed by atoms with E-state index in [1.807, 2.05) is 0 Å². The Morgan fingerprint density at radius 2 is 2.27 bits per heavy atom. The first-order valence-corrected chi connectivity index (χ1v) is 4.98. The van der Waals surface area contributed by atoms with Crippen molar-refractivity contribution in [2.75, 3.05) is 0 Å². The fraction of sp³-hybridized carbons (Fsp3) is 0.200. The van der Waals surface area contributed by atoms with Crippen LogP contribution in [-0.2, 0) is 5.88 Å². The van der Waals surface area contributed by atoms with Crippen LogP contribution in [0.4, 0.5) is 4.39 Å². The average molecular weight is 226 g/mol. The minimum absolute atomic E-state index is 0.230. The summed E-state index contributed by atoms with van der Waals surface area (Å²) < 4.78 is 13.0. The third-order valence-corrected chi connectivity index (χ3v) is 2.33. The molecule has 1 N–H and O–H groups in total. The standard InChI is InChI=1S/C10H9ClFN3/c1-6-4-7(2-3-8(6)12)10-13-9(5-11)14-15-10/h2-4H,5H2,1H3,(H,13,14,15). The number of hydrogen-bond acceptors (Lipinski definition) is 2. The van der Waals surface area contributed by atoms with Crippen molar-refractivity contribution in [1.29, 1.82) is 0 Å². The predicted molar refractivity (Wildman–Crippen MR) is 56.1 cm³/mol. The second kappa shape index (κ2) is 3.98. The topological polar surface area (TPSA) is 41.6 Å². The zero-order valence-corrected chi connectivity index (χ0v) is 8.85. The Morgan fingerprint density at radius 1 is 1.47 bits per heavy atom. The van der Waals surface area contributed by atoms with Crippen molar-refractivity contribution in [3.05, 3.63) is 35.4 Å². The van der Waals surface area contributed by atoms with Gasteiger partial charge in [0.2, 0.25) is 0 Å². The van der Waals surface area contributed by atoms with Crippen molar-refractivity contribution in [1.82, 2.24) is 15.2 Å². The van der Waals surface area contributed by atoms with Gasteiger partial charge in [0.05, 0.1) is 5.88 Å². The molecular formula is C10H9ClFN3. The van der Waals surface area contributed by atoms with Gasteiger partial charge in [-0.05, 0) is 30.7 Å². The summed E-state index contributed by atoms with van der Waals surface area (Å²) in [6.07, 6.45) is 0. The molecule has 0 spiro atoms. The number of rotatable bonds is 2. The zero-order chi connectivity index (χ0) is 10.8. The average Bonchev–Trinajstić information content (AvgIpc) is 2.70. The highest BCUT2D eigenvalue weighted by Gasteiger charge is 2.06. The summed E-state index contributed by atoms with van der Waals surface area (Å²) >= 11 is 5.59. The molecule has 2 rings (SSSR count). The van der Waals surface area contributed by atoms with Gasteiger partial charge in [-0.2, -0.15) is 5.10 Å². The summed E-state index contributed by atoms with van der Waals surface area (Å²) in [5.74, 6) is 1.20. The van der Waals surface area contributed by atoms with E-state index in [-0.39, 0.29) is 11.7 Å². The van der Waals surface area contributed by atoms with Crippen molar-refractivity contribution < 1.29 is 4.39 Å². The van der Waals surface area contributed by atoms with Crippen molar-refractivity contribution in [3.63, 3.8) is 0 Å². The number of aromatic amines is 1. The molecule has 1 aromatic heterocycles. The number of nitrogens with one attached hydrogen (secondary N) is 1. The van der Waals surface area contributed by atoms with E-state index in [4.69, 9.17) is 11.6 Å². The van der Waals surface area contributed by atoms with Crippen LogP contribution < -0.4 is 0 Å². The summed E-state index contributed by atoms with van der Waals surface area (Å²) in [6.45, 7) is 1.70.